The Labute approximate surface area is 153 Å². The summed E-state index contributed by atoms with van der Waals surface area (Å²) in [6, 6.07) is 0. The van der Waals surface area contributed by atoms with Gasteiger partial charge in [0.2, 0.25) is 0 Å². The lowest BCUT2D eigenvalue weighted by Crippen LogP contribution is -2.32. The van der Waals surface area contributed by atoms with Crippen molar-refractivity contribution < 1.29 is 31.9 Å². The summed E-state index contributed by atoms with van der Waals surface area (Å²) in [7, 11) is 0. The van der Waals surface area contributed by atoms with Crippen LogP contribution in [0.25, 0.3) is 11.3 Å². The molecule has 0 N–H and O–H groups in total. The van der Waals surface area contributed by atoms with E-state index in [1.807, 2.05) is 13.8 Å². The van der Waals surface area contributed by atoms with Crippen molar-refractivity contribution in [2.45, 2.75) is 44.5 Å². The molecule has 2 aliphatic rings. The maximum Gasteiger partial charge on any atom is 0.420 e. The van der Waals surface area contributed by atoms with Crippen LogP contribution in [0.1, 0.15) is 41.3 Å². The molecule has 1 saturated heterocycles. The van der Waals surface area contributed by atoms with Gasteiger partial charge in [-0.2, -0.15) is 18.3 Å². The number of carbonyl (C=O) groups is 1. The fourth-order valence-electron chi connectivity index (χ4n) is 3.78. The minimum atomic E-state index is -4.71. The van der Waals surface area contributed by atoms with E-state index in [2.05, 4.69) is 5.10 Å². The summed E-state index contributed by atoms with van der Waals surface area (Å²) in [5, 5.41) is 4.41. The number of hydrogen-bond donors (Lipinski definition) is 0. The zero-order chi connectivity index (χ0) is 19.4. The van der Waals surface area contributed by atoms with E-state index in [1.165, 1.54) is 0 Å². The Kier molecular flexibility index (Phi) is 4.19. The molecule has 2 aromatic rings. The molecule has 0 aromatic carbocycles. The molecule has 0 radical (unpaired) electrons. The molecule has 9 heteroatoms. The van der Waals surface area contributed by atoms with Gasteiger partial charge >= 0.3 is 6.18 Å². The number of aldehydes is 1. The molecule has 1 fully saturated rings. The molecule has 0 amide bonds. The average molecular weight is 384 g/mol. The molecular formula is C18H19F3N2O4. The molecule has 1 atom stereocenters. The predicted octanol–water partition coefficient (Wildman–Crippen LogP) is 3.22. The second kappa shape index (κ2) is 6.20. The fraction of sp³-hybridized carbons (Fsp3) is 0.556. The number of fused-ring (bicyclic) bond motifs is 3. The highest BCUT2D eigenvalue weighted by atomic mass is 19.4. The van der Waals surface area contributed by atoms with Crippen molar-refractivity contribution in [2.24, 2.45) is 0 Å². The van der Waals surface area contributed by atoms with Gasteiger partial charge in [0.05, 0.1) is 31.9 Å². The number of ether oxygens (including phenoxy) is 2. The number of alkyl halides is 3. The number of furan rings is 1. The van der Waals surface area contributed by atoms with Crippen LogP contribution in [-0.4, -0.2) is 42.0 Å². The lowest BCUT2D eigenvalue weighted by Gasteiger charge is -2.28. The summed E-state index contributed by atoms with van der Waals surface area (Å²) in [6.45, 7) is 5.62. The van der Waals surface area contributed by atoms with Gasteiger partial charge in [0.15, 0.2) is 12.0 Å². The molecule has 2 aromatic heterocycles. The van der Waals surface area contributed by atoms with Crippen molar-refractivity contribution >= 4 is 6.29 Å². The average Bonchev–Trinajstić information content (AvgIpc) is 3.16. The zero-order valence-electron chi connectivity index (χ0n) is 14.9. The Balaban J connectivity index is 1.82. The van der Waals surface area contributed by atoms with Crippen LogP contribution in [0.2, 0.25) is 0 Å². The first-order chi connectivity index (χ1) is 12.7. The van der Waals surface area contributed by atoms with E-state index in [0.29, 0.717) is 31.9 Å². The van der Waals surface area contributed by atoms with Crippen LogP contribution in [0.5, 0.6) is 0 Å². The molecular weight excluding hydrogens is 365 g/mol. The van der Waals surface area contributed by atoms with E-state index < -0.39 is 22.9 Å². The quantitative estimate of drug-likeness (QED) is 0.761. The largest absolute Gasteiger partial charge is 0.457 e. The Morgan fingerprint density at radius 3 is 2.78 bits per heavy atom. The fourth-order valence-corrected chi connectivity index (χ4v) is 3.78. The predicted molar refractivity (Wildman–Crippen MR) is 87.6 cm³/mol. The monoisotopic (exact) mass is 384 g/mol. The molecule has 0 spiro atoms. The first-order valence-electron chi connectivity index (χ1n) is 8.66. The van der Waals surface area contributed by atoms with Gasteiger partial charge in [-0.3, -0.25) is 9.48 Å². The van der Waals surface area contributed by atoms with Crippen LogP contribution in [0.3, 0.4) is 0 Å². The molecule has 4 rings (SSSR count). The molecule has 27 heavy (non-hydrogen) atoms. The summed E-state index contributed by atoms with van der Waals surface area (Å²) in [5.74, 6) is -0.556. The van der Waals surface area contributed by atoms with Gasteiger partial charge in [0, 0.05) is 23.6 Å². The topological polar surface area (TPSA) is 66.5 Å². The van der Waals surface area contributed by atoms with Crippen LogP contribution in [-0.2, 0) is 34.0 Å². The number of hydrogen-bond acceptors (Lipinski definition) is 5. The van der Waals surface area contributed by atoms with Gasteiger partial charge in [-0.25, -0.2) is 0 Å². The second-order valence-corrected chi connectivity index (χ2v) is 7.50. The molecule has 0 bridgehead atoms. The lowest BCUT2D eigenvalue weighted by molar-refractivity contribution is -0.137. The number of halogens is 3. The van der Waals surface area contributed by atoms with E-state index in [4.69, 9.17) is 13.9 Å². The third-order valence-corrected chi connectivity index (χ3v) is 5.00. The van der Waals surface area contributed by atoms with Gasteiger partial charge in [-0.15, -0.1) is 0 Å². The highest BCUT2D eigenvalue weighted by molar-refractivity contribution is 5.83. The second-order valence-electron chi connectivity index (χ2n) is 7.50. The summed E-state index contributed by atoms with van der Waals surface area (Å²) in [6.07, 6.45) is -2.81. The van der Waals surface area contributed by atoms with Gasteiger partial charge in [-0.05, 0) is 0 Å². The van der Waals surface area contributed by atoms with Crippen LogP contribution in [0.4, 0.5) is 13.2 Å². The van der Waals surface area contributed by atoms with Crippen molar-refractivity contribution in [1.29, 1.82) is 0 Å². The smallest absolute Gasteiger partial charge is 0.420 e. The van der Waals surface area contributed by atoms with Gasteiger partial charge in [0.25, 0.3) is 0 Å². The minimum absolute atomic E-state index is 0.109. The van der Waals surface area contributed by atoms with E-state index in [0.717, 1.165) is 0 Å². The molecule has 0 unspecified atom stereocenters. The van der Waals surface area contributed by atoms with Gasteiger partial charge < -0.3 is 13.9 Å². The van der Waals surface area contributed by atoms with E-state index in [-0.39, 0.29) is 35.8 Å². The summed E-state index contributed by atoms with van der Waals surface area (Å²) < 4.78 is 58.7. The van der Waals surface area contributed by atoms with Crippen molar-refractivity contribution in [2.75, 3.05) is 19.8 Å². The Bertz CT molecular complexity index is 876. The van der Waals surface area contributed by atoms with Crippen molar-refractivity contribution in [3.8, 4) is 11.3 Å². The molecule has 0 saturated carbocycles. The zero-order valence-corrected chi connectivity index (χ0v) is 14.9. The van der Waals surface area contributed by atoms with Crippen LogP contribution < -0.4 is 0 Å². The van der Waals surface area contributed by atoms with Crippen LogP contribution in [0.15, 0.2) is 10.6 Å². The standard InChI is InChI=1S/C18H19F3N2O4/c1-17(2)5-12-14(15(18(19,20)21)13(8-24)27-12)16-11(17)7-23(22-16)6-10-9-25-3-4-26-10/h7-8,10H,3-6,9H2,1-2H3/t10-/m0/s1. The van der Waals surface area contributed by atoms with E-state index in [9.17, 15) is 18.0 Å². The first-order valence-corrected chi connectivity index (χ1v) is 8.66. The van der Waals surface area contributed by atoms with Crippen LogP contribution in [0, 0.1) is 0 Å². The number of aromatic nitrogens is 2. The number of carbonyl (C=O) groups excluding carboxylic acids is 1. The maximum absolute atomic E-state index is 13.6. The maximum atomic E-state index is 13.6. The highest BCUT2D eigenvalue weighted by Gasteiger charge is 2.46. The Morgan fingerprint density at radius 2 is 2.15 bits per heavy atom. The van der Waals surface area contributed by atoms with Crippen molar-refractivity contribution in [3.05, 3.63) is 28.8 Å². The highest BCUT2D eigenvalue weighted by Crippen LogP contribution is 2.49. The van der Waals surface area contributed by atoms with Crippen LogP contribution >= 0.6 is 0 Å². The van der Waals surface area contributed by atoms with Crippen molar-refractivity contribution in [3.63, 3.8) is 0 Å². The normalized spacial score (nSPS) is 21.6. The summed E-state index contributed by atoms with van der Waals surface area (Å²) in [5.41, 5.74) is -0.756. The number of nitrogens with zero attached hydrogens (tertiary/aromatic N) is 2. The van der Waals surface area contributed by atoms with E-state index >= 15 is 0 Å². The molecule has 3 heterocycles. The third kappa shape index (κ3) is 3.08. The number of rotatable bonds is 3. The summed E-state index contributed by atoms with van der Waals surface area (Å²) >= 11 is 0. The Morgan fingerprint density at radius 1 is 1.37 bits per heavy atom. The Hall–Kier alpha value is -2.13. The molecule has 146 valence electrons. The van der Waals surface area contributed by atoms with Gasteiger partial charge in [-0.1, -0.05) is 13.8 Å². The lowest BCUT2D eigenvalue weighted by atomic mass is 9.74. The van der Waals surface area contributed by atoms with E-state index in [1.54, 1.807) is 10.9 Å². The molecule has 1 aliphatic carbocycles. The SMILES string of the molecule is CC1(C)Cc2oc(C=O)c(C(F)(F)F)c2-c2nn(C[C@H]3COCCO3)cc21. The first kappa shape index (κ1) is 18.2. The molecule has 1 aliphatic heterocycles. The molecule has 6 nitrogen and oxygen atoms in total. The third-order valence-electron chi connectivity index (χ3n) is 5.00. The minimum Gasteiger partial charge on any atom is -0.457 e. The van der Waals surface area contributed by atoms with Crippen molar-refractivity contribution in [1.82, 2.24) is 9.78 Å². The van der Waals surface area contributed by atoms with Gasteiger partial charge in [0.1, 0.15) is 23.1 Å². The summed E-state index contributed by atoms with van der Waals surface area (Å²) in [4.78, 5) is 11.2.